The first-order valence-electron chi connectivity index (χ1n) is 10.4. The van der Waals surface area contributed by atoms with Crippen LogP contribution in [0.25, 0.3) is 22.1 Å². The van der Waals surface area contributed by atoms with Crippen LogP contribution in [0.1, 0.15) is 16.9 Å². The number of hydrogen-bond donors (Lipinski definition) is 0. The summed E-state index contributed by atoms with van der Waals surface area (Å²) in [5.41, 5.74) is 4.04. The fraction of sp³-hybridized carbons (Fsp3) is 0.192. The van der Waals surface area contributed by atoms with Crippen molar-refractivity contribution in [3.05, 3.63) is 97.3 Å². The maximum absolute atomic E-state index is 13.4. The Morgan fingerprint density at radius 2 is 1.84 bits per heavy atom. The molecule has 0 amide bonds. The van der Waals surface area contributed by atoms with E-state index in [-0.39, 0.29) is 5.43 Å². The Morgan fingerprint density at radius 1 is 1.06 bits per heavy atom. The fourth-order valence-corrected chi connectivity index (χ4v) is 4.69. The van der Waals surface area contributed by atoms with Crippen LogP contribution >= 0.6 is 27.5 Å². The summed E-state index contributed by atoms with van der Waals surface area (Å²) in [6.45, 7) is 3.77. The fourth-order valence-electron chi connectivity index (χ4n) is 4.19. The minimum absolute atomic E-state index is 0.0259. The van der Waals surface area contributed by atoms with E-state index in [9.17, 15) is 4.79 Å². The number of ether oxygens (including phenoxy) is 1. The predicted octanol–water partition coefficient (Wildman–Crippen LogP) is 6.58. The molecule has 0 saturated carbocycles. The molecule has 0 saturated heterocycles. The SMILES string of the molecule is Cc1oc2c3c(ccc2c(=O)c1-c1ccc(Br)cc1)OCN(CCc1ccccc1Cl)C3. The van der Waals surface area contributed by atoms with Crippen LogP contribution in [-0.4, -0.2) is 18.2 Å². The lowest BCUT2D eigenvalue weighted by molar-refractivity contribution is 0.0968. The van der Waals surface area contributed by atoms with Crippen LogP contribution in [0.2, 0.25) is 5.02 Å². The first-order chi connectivity index (χ1) is 15.5. The molecule has 0 bridgehead atoms. The van der Waals surface area contributed by atoms with Crippen molar-refractivity contribution in [1.82, 2.24) is 4.90 Å². The molecule has 162 valence electrons. The number of halogens is 2. The zero-order valence-corrected chi connectivity index (χ0v) is 19.9. The second-order valence-corrected chi connectivity index (χ2v) is 9.28. The molecule has 0 aliphatic carbocycles. The molecule has 1 aromatic heterocycles. The zero-order chi connectivity index (χ0) is 22.2. The van der Waals surface area contributed by atoms with Gasteiger partial charge in [0, 0.05) is 22.6 Å². The maximum Gasteiger partial charge on any atom is 0.200 e. The smallest absolute Gasteiger partial charge is 0.200 e. The molecule has 2 heterocycles. The highest BCUT2D eigenvalue weighted by Gasteiger charge is 2.24. The molecule has 3 aromatic carbocycles. The molecule has 1 aliphatic heterocycles. The van der Waals surface area contributed by atoms with Gasteiger partial charge in [0.25, 0.3) is 0 Å². The monoisotopic (exact) mass is 509 g/mol. The predicted molar refractivity (Wildman–Crippen MR) is 131 cm³/mol. The summed E-state index contributed by atoms with van der Waals surface area (Å²) in [5, 5.41) is 1.35. The molecular formula is C26H21BrClNO3. The molecule has 5 rings (SSSR count). The third kappa shape index (κ3) is 3.96. The molecule has 0 spiro atoms. The number of rotatable bonds is 4. The van der Waals surface area contributed by atoms with Crippen molar-refractivity contribution >= 4 is 38.5 Å². The zero-order valence-electron chi connectivity index (χ0n) is 17.5. The van der Waals surface area contributed by atoms with Crippen molar-refractivity contribution in [3.8, 4) is 16.9 Å². The Morgan fingerprint density at radius 3 is 2.62 bits per heavy atom. The second-order valence-electron chi connectivity index (χ2n) is 7.96. The minimum Gasteiger partial charge on any atom is -0.478 e. The molecule has 32 heavy (non-hydrogen) atoms. The standard InChI is InChI=1S/C26H21BrClNO3/c1-16-24(18-6-8-19(27)9-7-18)25(30)20-10-11-23-21(26(20)32-16)14-29(15-31-23)13-12-17-4-2-3-5-22(17)28/h2-11H,12-15H2,1H3. The Hall–Kier alpha value is -2.60. The van der Waals surface area contributed by atoms with Crippen LogP contribution in [-0.2, 0) is 13.0 Å². The van der Waals surface area contributed by atoms with Gasteiger partial charge in [-0.05, 0) is 54.8 Å². The van der Waals surface area contributed by atoms with E-state index in [0.29, 0.717) is 35.6 Å². The molecule has 1 aliphatic rings. The summed E-state index contributed by atoms with van der Waals surface area (Å²) in [7, 11) is 0. The summed E-state index contributed by atoms with van der Waals surface area (Å²) in [4.78, 5) is 15.6. The van der Waals surface area contributed by atoms with Crippen molar-refractivity contribution in [3.63, 3.8) is 0 Å². The third-order valence-electron chi connectivity index (χ3n) is 5.87. The van der Waals surface area contributed by atoms with Crippen molar-refractivity contribution in [1.29, 1.82) is 0 Å². The van der Waals surface area contributed by atoms with Gasteiger partial charge in [0.15, 0.2) is 0 Å². The van der Waals surface area contributed by atoms with Crippen molar-refractivity contribution < 1.29 is 9.15 Å². The van der Waals surface area contributed by atoms with Crippen molar-refractivity contribution in [2.24, 2.45) is 0 Å². The largest absolute Gasteiger partial charge is 0.478 e. The van der Waals surface area contributed by atoms with Gasteiger partial charge in [0.2, 0.25) is 5.43 Å². The van der Waals surface area contributed by atoms with E-state index in [4.69, 9.17) is 20.8 Å². The molecule has 0 N–H and O–H groups in total. The highest BCUT2D eigenvalue weighted by atomic mass is 79.9. The van der Waals surface area contributed by atoms with E-state index in [1.807, 2.05) is 61.5 Å². The van der Waals surface area contributed by atoms with Crippen LogP contribution in [0.5, 0.6) is 5.75 Å². The average molecular weight is 511 g/mol. The summed E-state index contributed by atoms with van der Waals surface area (Å²) >= 11 is 9.75. The molecular weight excluding hydrogens is 490 g/mol. The van der Waals surface area contributed by atoms with Gasteiger partial charge in [-0.25, -0.2) is 0 Å². The molecule has 0 atom stereocenters. The average Bonchev–Trinajstić information content (AvgIpc) is 2.79. The summed E-state index contributed by atoms with van der Waals surface area (Å²) < 4.78 is 13.2. The quantitative estimate of drug-likeness (QED) is 0.311. The minimum atomic E-state index is -0.0259. The van der Waals surface area contributed by atoms with Gasteiger partial charge in [0.05, 0.1) is 16.5 Å². The summed E-state index contributed by atoms with van der Waals surface area (Å²) in [5.74, 6) is 1.37. The third-order valence-corrected chi connectivity index (χ3v) is 6.77. The normalized spacial score (nSPS) is 13.7. The van der Waals surface area contributed by atoms with Gasteiger partial charge in [-0.1, -0.05) is 57.9 Å². The molecule has 6 heteroatoms. The Labute approximate surface area is 199 Å². The van der Waals surface area contributed by atoms with E-state index >= 15 is 0 Å². The van der Waals surface area contributed by atoms with Gasteiger partial charge in [-0.2, -0.15) is 0 Å². The number of benzene rings is 3. The van der Waals surface area contributed by atoms with Gasteiger partial charge < -0.3 is 9.15 Å². The van der Waals surface area contributed by atoms with E-state index < -0.39 is 0 Å². The number of aryl methyl sites for hydroxylation is 1. The molecule has 0 fully saturated rings. The van der Waals surface area contributed by atoms with Gasteiger partial charge in [-0.3, -0.25) is 9.69 Å². The highest BCUT2D eigenvalue weighted by Crippen LogP contribution is 2.34. The first kappa shape index (κ1) is 21.3. The Bertz CT molecular complexity index is 1360. The highest BCUT2D eigenvalue weighted by molar-refractivity contribution is 9.10. The van der Waals surface area contributed by atoms with E-state index in [1.165, 1.54) is 0 Å². The number of nitrogens with zero attached hydrogens (tertiary/aromatic N) is 1. The Balaban J connectivity index is 1.49. The van der Waals surface area contributed by atoms with Gasteiger partial charge in [-0.15, -0.1) is 0 Å². The first-order valence-corrected chi connectivity index (χ1v) is 11.6. The summed E-state index contributed by atoms with van der Waals surface area (Å²) in [6.07, 6.45) is 0.819. The van der Waals surface area contributed by atoms with Crippen molar-refractivity contribution in [2.45, 2.75) is 19.9 Å². The van der Waals surface area contributed by atoms with Gasteiger partial charge >= 0.3 is 0 Å². The molecule has 4 aromatic rings. The Kier molecular flexibility index (Phi) is 5.80. The lowest BCUT2D eigenvalue weighted by atomic mass is 10.0. The summed E-state index contributed by atoms with van der Waals surface area (Å²) in [6, 6.07) is 19.3. The van der Waals surface area contributed by atoms with Crippen LogP contribution < -0.4 is 10.2 Å². The van der Waals surface area contributed by atoms with Crippen LogP contribution in [0.4, 0.5) is 0 Å². The van der Waals surface area contributed by atoms with Crippen molar-refractivity contribution in [2.75, 3.05) is 13.3 Å². The van der Waals surface area contributed by atoms with E-state index in [1.54, 1.807) is 6.07 Å². The molecule has 0 unspecified atom stereocenters. The maximum atomic E-state index is 13.4. The molecule has 4 nitrogen and oxygen atoms in total. The lowest BCUT2D eigenvalue weighted by Crippen LogP contribution is -2.34. The van der Waals surface area contributed by atoms with E-state index in [0.717, 1.165) is 44.9 Å². The molecule has 0 radical (unpaired) electrons. The second kappa shape index (κ2) is 8.74. The number of hydrogen-bond acceptors (Lipinski definition) is 4. The van der Waals surface area contributed by atoms with E-state index in [2.05, 4.69) is 20.8 Å². The van der Waals surface area contributed by atoms with Gasteiger partial charge in [0.1, 0.15) is 23.8 Å². The lowest BCUT2D eigenvalue weighted by Gasteiger charge is -2.29. The topological polar surface area (TPSA) is 42.7 Å². The van der Waals surface area contributed by atoms with Crippen LogP contribution in [0, 0.1) is 6.92 Å². The van der Waals surface area contributed by atoms with Crippen LogP contribution in [0.3, 0.4) is 0 Å². The number of fused-ring (bicyclic) bond motifs is 3. The van der Waals surface area contributed by atoms with Crippen LogP contribution in [0.15, 0.2) is 74.3 Å².